The van der Waals surface area contributed by atoms with E-state index in [0.717, 1.165) is 71.1 Å². The maximum Gasteiger partial charge on any atom is 0.164 e. The van der Waals surface area contributed by atoms with Gasteiger partial charge in [-0.05, 0) is 67.3 Å². The molecule has 176 valence electrons. The Morgan fingerprint density at radius 1 is 1.18 bits per heavy atom. The Kier molecular flexibility index (Phi) is 4.98. The van der Waals surface area contributed by atoms with E-state index in [4.69, 9.17) is 9.97 Å². The average molecular weight is 519 g/mol. The van der Waals surface area contributed by atoms with Crippen LogP contribution < -0.4 is 4.90 Å². The third kappa shape index (κ3) is 3.01. The van der Waals surface area contributed by atoms with Crippen LogP contribution in [0, 0.1) is 18.7 Å². The molecular formula is C24H29BrF2N6. The molecule has 0 N–H and O–H groups in total. The first kappa shape index (κ1) is 21.7. The standard InChI is InChI=1S/C24H29BrF2N6/c1-5-6-17-28-21-23(33(17)22-13-8-16(22)32(27)9-13)15-7-12(2)18(25)19(26)20(15)29-24(21)31-10-14(11-31)30(3)4/h7,13-14,16,22H,5-6,8-11H2,1-4H3. The van der Waals surface area contributed by atoms with E-state index in [-0.39, 0.29) is 23.8 Å². The molecule has 1 saturated carbocycles. The molecule has 9 heteroatoms. The van der Waals surface area contributed by atoms with E-state index in [2.05, 4.69) is 51.3 Å². The highest BCUT2D eigenvalue weighted by Crippen LogP contribution is 2.52. The molecule has 4 aliphatic rings. The van der Waals surface area contributed by atoms with Crippen LogP contribution in [0.1, 0.15) is 37.2 Å². The number of hydrogen-bond acceptors (Lipinski definition) is 5. The average Bonchev–Trinajstić information content (AvgIpc) is 3.37. The van der Waals surface area contributed by atoms with Crippen molar-refractivity contribution in [2.45, 2.75) is 51.2 Å². The van der Waals surface area contributed by atoms with Gasteiger partial charge in [-0.25, -0.2) is 14.4 Å². The smallest absolute Gasteiger partial charge is 0.164 e. The summed E-state index contributed by atoms with van der Waals surface area (Å²) < 4.78 is 32.7. The molecule has 0 spiro atoms. The van der Waals surface area contributed by atoms with E-state index >= 15 is 4.39 Å². The third-order valence-electron chi connectivity index (χ3n) is 7.89. The summed E-state index contributed by atoms with van der Waals surface area (Å²) in [6.07, 6.45) is 2.62. The van der Waals surface area contributed by atoms with Crippen molar-refractivity contribution in [1.82, 2.24) is 24.6 Å². The van der Waals surface area contributed by atoms with Crippen LogP contribution in [0.25, 0.3) is 21.9 Å². The number of fused-ring (bicyclic) bond motifs is 4. The van der Waals surface area contributed by atoms with Crippen molar-refractivity contribution in [3.05, 3.63) is 27.7 Å². The minimum atomic E-state index is -0.341. The van der Waals surface area contributed by atoms with Crippen molar-refractivity contribution >= 4 is 43.7 Å². The molecule has 2 bridgehead atoms. The number of pyridine rings is 1. The number of rotatable bonds is 5. The number of benzene rings is 1. The Balaban J connectivity index is 1.64. The van der Waals surface area contributed by atoms with Gasteiger partial charge >= 0.3 is 0 Å². The van der Waals surface area contributed by atoms with Gasteiger partial charge in [0, 0.05) is 37.5 Å². The summed E-state index contributed by atoms with van der Waals surface area (Å²) in [6.45, 7) is 6.16. The molecule has 3 aliphatic heterocycles. The molecule has 2 aromatic heterocycles. The normalized spacial score (nSPS) is 25.5. The zero-order chi connectivity index (χ0) is 23.2. The van der Waals surface area contributed by atoms with Crippen LogP contribution in [0.2, 0.25) is 0 Å². The minimum absolute atomic E-state index is 0.0397. The summed E-state index contributed by atoms with van der Waals surface area (Å²) in [5.41, 5.74) is 2.91. The largest absolute Gasteiger partial charge is 0.351 e. The van der Waals surface area contributed by atoms with Crippen LogP contribution in [-0.2, 0) is 6.42 Å². The van der Waals surface area contributed by atoms with Gasteiger partial charge in [0.15, 0.2) is 11.6 Å². The Hall–Kier alpha value is -1.84. The molecule has 3 atom stereocenters. The van der Waals surface area contributed by atoms with E-state index in [0.29, 0.717) is 22.6 Å². The van der Waals surface area contributed by atoms with Crippen molar-refractivity contribution in [2.24, 2.45) is 5.92 Å². The number of likely N-dealkylation sites (N-methyl/N-ethyl adjacent to an activating group) is 1. The predicted molar refractivity (Wildman–Crippen MR) is 130 cm³/mol. The van der Waals surface area contributed by atoms with Crippen molar-refractivity contribution < 1.29 is 8.87 Å². The fourth-order valence-electron chi connectivity index (χ4n) is 5.89. The molecule has 33 heavy (non-hydrogen) atoms. The Morgan fingerprint density at radius 3 is 2.55 bits per heavy atom. The molecule has 7 rings (SSSR count). The van der Waals surface area contributed by atoms with Gasteiger partial charge < -0.3 is 14.4 Å². The highest BCUT2D eigenvalue weighted by Gasteiger charge is 2.55. The molecule has 3 saturated heterocycles. The van der Waals surface area contributed by atoms with Crippen LogP contribution in [0.5, 0.6) is 0 Å². The maximum absolute atomic E-state index is 15.5. The number of aromatic nitrogens is 3. The molecule has 1 aromatic carbocycles. The van der Waals surface area contributed by atoms with Crippen LogP contribution in [0.4, 0.5) is 14.7 Å². The van der Waals surface area contributed by atoms with Gasteiger partial charge in [-0.15, -0.1) is 9.60 Å². The molecule has 5 heterocycles. The zero-order valence-electron chi connectivity index (χ0n) is 19.4. The molecule has 0 amide bonds. The zero-order valence-corrected chi connectivity index (χ0v) is 21.0. The number of hydrogen-bond donors (Lipinski definition) is 0. The minimum Gasteiger partial charge on any atom is -0.351 e. The van der Waals surface area contributed by atoms with Gasteiger partial charge in [-0.3, -0.25) is 0 Å². The van der Waals surface area contributed by atoms with E-state index in [1.807, 2.05) is 13.0 Å². The second-order valence-corrected chi connectivity index (χ2v) is 10.9. The number of aryl methyl sites for hydroxylation is 2. The fraction of sp³-hybridized carbons (Fsp3) is 0.583. The van der Waals surface area contributed by atoms with Gasteiger partial charge in [-0.1, -0.05) is 6.92 Å². The first-order chi connectivity index (χ1) is 15.8. The van der Waals surface area contributed by atoms with E-state index < -0.39 is 0 Å². The van der Waals surface area contributed by atoms with Crippen LogP contribution in [0.3, 0.4) is 0 Å². The summed E-state index contributed by atoms with van der Waals surface area (Å²) in [5, 5.41) is 1.75. The highest BCUT2D eigenvalue weighted by atomic mass is 79.9. The van der Waals surface area contributed by atoms with Crippen LogP contribution in [-0.4, -0.2) is 70.4 Å². The summed E-state index contributed by atoms with van der Waals surface area (Å²) in [6, 6.07) is 2.35. The molecule has 6 nitrogen and oxygen atoms in total. The van der Waals surface area contributed by atoms with Crippen molar-refractivity contribution in [3.63, 3.8) is 0 Å². The summed E-state index contributed by atoms with van der Waals surface area (Å²) in [7, 11) is 4.16. The molecule has 3 aromatic rings. The van der Waals surface area contributed by atoms with E-state index in [9.17, 15) is 4.48 Å². The van der Waals surface area contributed by atoms with Gasteiger partial charge in [-0.2, -0.15) is 0 Å². The second kappa shape index (κ2) is 7.58. The summed E-state index contributed by atoms with van der Waals surface area (Å²) in [4.78, 5) is 14.4. The Labute approximate surface area is 200 Å². The molecule has 3 unspecified atom stereocenters. The molecule has 4 fully saturated rings. The first-order valence-electron chi connectivity index (χ1n) is 11.8. The predicted octanol–water partition coefficient (Wildman–Crippen LogP) is 4.63. The lowest BCUT2D eigenvalue weighted by Crippen LogP contribution is -2.57. The highest BCUT2D eigenvalue weighted by molar-refractivity contribution is 9.10. The number of nitrogens with zero attached hydrogens (tertiary/aromatic N) is 6. The third-order valence-corrected chi connectivity index (χ3v) is 8.86. The van der Waals surface area contributed by atoms with Crippen molar-refractivity contribution in [1.29, 1.82) is 0 Å². The second-order valence-electron chi connectivity index (χ2n) is 10.2. The van der Waals surface area contributed by atoms with Gasteiger partial charge in [0.2, 0.25) is 0 Å². The van der Waals surface area contributed by atoms with Crippen molar-refractivity contribution in [2.75, 3.05) is 38.6 Å². The van der Waals surface area contributed by atoms with Crippen LogP contribution >= 0.6 is 15.9 Å². The summed E-state index contributed by atoms with van der Waals surface area (Å²) >= 11 is 3.41. The lowest BCUT2D eigenvalue weighted by atomic mass is 9.79. The Morgan fingerprint density at radius 2 is 1.94 bits per heavy atom. The van der Waals surface area contributed by atoms with E-state index in [1.165, 1.54) is 0 Å². The molecule has 0 radical (unpaired) electrons. The van der Waals surface area contributed by atoms with Gasteiger partial charge in [0.25, 0.3) is 0 Å². The number of halogens is 3. The van der Waals surface area contributed by atoms with Gasteiger partial charge in [0.1, 0.15) is 16.9 Å². The van der Waals surface area contributed by atoms with Crippen molar-refractivity contribution in [3.8, 4) is 0 Å². The lowest BCUT2D eigenvalue weighted by molar-refractivity contribution is 0.00424. The Bertz CT molecular complexity index is 1270. The monoisotopic (exact) mass is 518 g/mol. The topological polar surface area (TPSA) is 40.4 Å². The first-order valence-corrected chi connectivity index (χ1v) is 12.6. The number of imidazole rings is 1. The maximum atomic E-state index is 15.5. The van der Waals surface area contributed by atoms with Gasteiger partial charge in [0.05, 0.1) is 22.1 Å². The molecular weight excluding hydrogens is 490 g/mol. The van der Waals surface area contributed by atoms with Crippen LogP contribution in [0.15, 0.2) is 10.5 Å². The number of anilines is 1. The fourth-order valence-corrected chi connectivity index (χ4v) is 6.20. The SMILES string of the molecule is CCCc1nc2c(N3CC(N(C)C)C3)nc3c(F)c(Br)c(C)cc3c2n1C1C2CC1N(F)C2. The summed E-state index contributed by atoms with van der Waals surface area (Å²) in [5.74, 6) is 1.63. The lowest BCUT2D eigenvalue weighted by Gasteiger charge is -2.43. The molecule has 1 aliphatic carbocycles. The quantitative estimate of drug-likeness (QED) is 0.460. The van der Waals surface area contributed by atoms with E-state index in [1.54, 1.807) is 0 Å².